The first kappa shape index (κ1) is 29.3. The van der Waals surface area contributed by atoms with Crippen LogP contribution in [0.15, 0.2) is 96.1 Å². The second-order valence-electron chi connectivity index (χ2n) is 11.3. The van der Waals surface area contributed by atoms with Gasteiger partial charge in [-0.05, 0) is 68.3 Å². The van der Waals surface area contributed by atoms with E-state index in [4.69, 9.17) is 14.5 Å². The SMILES string of the molecule is C=C(COc1cccc2cc(-c3ccc4ncc5c(c4c3)n(-c3ccc(C(C)(C)C#N)cc3)c(=O)n5C)cnc12)C(=O)OCC. The van der Waals surface area contributed by atoms with Gasteiger partial charge in [0.25, 0.3) is 0 Å². The number of rotatable bonds is 8. The zero-order valence-corrected chi connectivity index (χ0v) is 25.5. The molecule has 9 heteroatoms. The third-order valence-corrected chi connectivity index (χ3v) is 7.98. The van der Waals surface area contributed by atoms with Gasteiger partial charge in [0, 0.05) is 29.6 Å². The fourth-order valence-electron chi connectivity index (χ4n) is 5.37. The zero-order valence-electron chi connectivity index (χ0n) is 25.5. The van der Waals surface area contributed by atoms with Gasteiger partial charge in [0.2, 0.25) is 0 Å². The number of imidazole rings is 1. The Kier molecular flexibility index (Phi) is 7.43. The van der Waals surface area contributed by atoms with E-state index in [1.165, 1.54) is 0 Å². The molecule has 0 aliphatic rings. The van der Waals surface area contributed by atoms with Gasteiger partial charge in [-0.2, -0.15) is 5.26 Å². The lowest BCUT2D eigenvalue weighted by Crippen LogP contribution is -2.21. The smallest absolute Gasteiger partial charge is 0.336 e. The number of benzene rings is 3. The Labute approximate surface area is 259 Å². The molecule has 3 heterocycles. The Morgan fingerprint density at radius 1 is 1.02 bits per heavy atom. The van der Waals surface area contributed by atoms with Gasteiger partial charge in [-0.3, -0.25) is 19.1 Å². The third-order valence-electron chi connectivity index (χ3n) is 7.98. The highest BCUT2D eigenvalue weighted by atomic mass is 16.5. The van der Waals surface area contributed by atoms with Gasteiger partial charge in [0.05, 0.1) is 52.1 Å². The van der Waals surface area contributed by atoms with Gasteiger partial charge in [-0.25, -0.2) is 9.59 Å². The Hall–Kier alpha value is -5.75. The van der Waals surface area contributed by atoms with E-state index in [1.54, 1.807) is 41.6 Å². The highest BCUT2D eigenvalue weighted by Crippen LogP contribution is 2.33. The van der Waals surface area contributed by atoms with E-state index in [-0.39, 0.29) is 24.5 Å². The summed E-state index contributed by atoms with van der Waals surface area (Å²) in [6.07, 6.45) is 3.50. The van der Waals surface area contributed by atoms with E-state index < -0.39 is 11.4 Å². The Morgan fingerprint density at radius 3 is 2.53 bits per heavy atom. The van der Waals surface area contributed by atoms with Gasteiger partial charge >= 0.3 is 11.7 Å². The number of hydrogen-bond acceptors (Lipinski definition) is 7. The normalized spacial score (nSPS) is 11.5. The number of carbonyl (C=O) groups excluding carboxylic acids is 1. The molecule has 45 heavy (non-hydrogen) atoms. The van der Waals surface area contributed by atoms with Gasteiger partial charge in [-0.1, -0.05) is 36.9 Å². The average Bonchev–Trinajstić information content (AvgIpc) is 3.32. The van der Waals surface area contributed by atoms with Crippen molar-refractivity contribution in [3.63, 3.8) is 0 Å². The van der Waals surface area contributed by atoms with Crippen molar-refractivity contribution in [1.29, 1.82) is 5.26 Å². The number of hydrogen-bond donors (Lipinski definition) is 0. The van der Waals surface area contributed by atoms with Crippen molar-refractivity contribution in [1.82, 2.24) is 19.1 Å². The summed E-state index contributed by atoms with van der Waals surface area (Å²) >= 11 is 0. The maximum absolute atomic E-state index is 13.6. The lowest BCUT2D eigenvalue weighted by atomic mass is 9.86. The van der Waals surface area contributed by atoms with Crippen LogP contribution in [0, 0.1) is 11.3 Å². The number of esters is 1. The molecule has 0 saturated carbocycles. The second-order valence-corrected chi connectivity index (χ2v) is 11.3. The van der Waals surface area contributed by atoms with Crippen molar-refractivity contribution in [2.75, 3.05) is 13.2 Å². The monoisotopic (exact) mass is 597 g/mol. The topological polar surface area (TPSA) is 112 Å². The Morgan fingerprint density at radius 2 is 1.80 bits per heavy atom. The number of ether oxygens (including phenoxy) is 2. The number of nitrogens with zero attached hydrogens (tertiary/aromatic N) is 5. The van der Waals surface area contributed by atoms with Gasteiger partial charge in [0.1, 0.15) is 17.9 Å². The molecule has 224 valence electrons. The van der Waals surface area contributed by atoms with E-state index in [2.05, 4.69) is 17.6 Å². The predicted octanol–water partition coefficient (Wildman–Crippen LogP) is 6.39. The average molecular weight is 598 g/mol. The maximum atomic E-state index is 13.6. The van der Waals surface area contributed by atoms with Gasteiger partial charge in [0.15, 0.2) is 0 Å². The van der Waals surface area contributed by atoms with Crippen LogP contribution in [0.2, 0.25) is 0 Å². The summed E-state index contributed by atoms with van der Waals surface area (Å²) in [4.78, 5) is 34.9. The molecule has 0 fully saturated rings. The summed E-state index contributed by atoms with van der Waals surface area (Å²) in [7, 11) is 1.74. The van der Waals surface area contributed by atoms with E-state index in [9.17, 15) is 14.9 Å². The Balaban J connectivity index is 1.42. The molecule has 6 rings (SSSR count). The predicted molar refractivity (Wildman–Crippen MR) is 174 cm³/mol. The molecular weight excluding hydrogens is 566 g/mol. The maximum Gasteiger partial charge on any atom is 0.336 e. The van der Waals surface area contributed by atoms with Crippen LogP contribution in [0.4, 0.5) is 0 Å². The molecule has 0 bridgehead atoms. The molecule has 9 nitrogen and oxygen atoms in total. The number of carbonyl (C=O) groups is 1. The number of nitriles is 1. The molecule has 0 N–H and O–H groups in total. The summed E-state index contributed by atoms with van der Waals surface area (Å²) in [5, 5.41) is 11.2. The summed E-state index contributed by atoms with van der Waals surface area (Å²) in [6, 6.07) is 23.5. The summed E-state index contributed by atoms with van der Waals surface area (Å²) in [6.45, 7) is 9.49. The van der Waals surface area contributed by atoms with Crippen molar-refractivity contribution in [3.05, 3.63) is 107 Å². The molecule has 0 radical (unpaired) electrons. The quantitative estimate of drug-likeness (QED) is 0.148. The van der Waals surface area contributed by atoms with Crippen molar-refractivity contribution in [3.8, 4) is 28.6 Å². The van der Waals surface area contributed by atoms with E-state index in [1.807, 2.05) is 74.5 Å². The number of para-hydroxylation sites is 1. The van der Waals surface area contributed by atoms with Gasteiger partial charge < -0.3 is 9.47 Å². The zero-order chi connectivity index (χ0) is 31.9. The highest BCUT2D eigenvalue weighted by Gasteiger charge is 2.21. The molecular formula is C36H31N5O4. The van der Waals surface area contributed by atoms with Crippen molar-refractivity contribution >= 4 is 38.8 Å². The van der Waals surface area contributed by atoms with E-state index in [0.29, 0.717) is 22.5 Å². The highest BCUT2D eigenvalue weighted by molar-refractivity contribution is 6.05. The number of pyridine rings is 2. The molecule has 0 saturated heterocycles. The molecule has 0 amide bonds. The molecule has 0 aliphatic heterocycles. The first-order chi connectivity index (χ1) is 21.6. The van der Waals surface area contributed by atoms with Crippen LogP contribution < -0.4 is 10.4 Å². The largest absolute Gasteiger partial charge is 0.486 e. The number of aromatic nitrogens is 4. The fraction of sp³-hybridized carbons (Fsp3) is 0.194. The second kappa shape index (κ2) is 11.4. The summed E-state index contributed by atoms with van der Waals surface area (Å²) in [5.74, 6) is 0.0445. The molecule has 0 atom stereocenters. The Bertz CT molecular complexity index is 2240. The minimum absolute atomic E-state index is 0.00730. The molecule has 3 aromatic heterocycles. The van der Waals surface area contributed by atoms with Crippen LogP contribution in [0.1, 0.15) is 26.3 Å². The van der Waals surface area contributed by atoms with Gasteiger partial charge in [-0.15, -0.1) is 0 Å². The molecule has 0 aliphatic carbocycles. The molecule has 6 aromatic rings. The fourth-order valence-corrected chi connectivity index (χ4v) is 5.37. The van der Waals surface area contributed by atoms with Crippen LogP contribution in [0.25, 0.3) is 49.7 Å². The number of fused-ring (bicyclic) bond motifs is 4. The third kappa shape index (κ3) is 5.21. The van der Waals surface area contributed by atoms with E-state index >= 15 is 0 Å². The molecule has 3 aromatic carbocycles. The van der Waals surface area contributed by atoms with Crippen molar-refractivity contribution in [2.24, 2.45) is 7.05 Å². The van der Waals surface area contributed by atoms with E-state index in [0.717, 1.165) is 38.5 Å². The van der Waals surface area contributed by atoms with Crippen LogP contribution in [0.5, 0.6) is 5.75 Å². The van der Waals surface area contributed by atoms with Crippen molar-refractivity contribution in [2.45, 2.75) is 26.2 Å². The standard InChI is InChI=1S/C36H31N5O4/c1-6-44-34(42)22(2)20-45-31-9-7-8-24-16-25(18-39-32(24)31)23-10-15-29-28(17-23)33-30(19-38-29)40(5)35(43)41(33)27-13-11-26(12-14-27)36(3,4)21-37/h7-19H,2,6,20H2,1,3-5H3. The summed E-state index contributed by atoms with van der Waals surface area (Å²) < 4.78 is 14.2. The summed E-state index contributed by atoms with van der Waals surface area (Å²) in [5.41, 5.74) is 5.59. The lowest BCUT2D eigenvalue weighted by Gasteiger charge is -2.16. The lowest BCUT2D eigenvalue weighted by molar-refractivity contribution is -0.138. The van der Waals surface area contributed by atoms with Crippen LogP contribution >= 0.6 is 0 Å². The van der Waals surface area contributed by atoms with Crippen LogP contribution in [-0.4, -0.2) is 38.3 Å². The molecule has 0 unspecified atom stereocenters. The first-order valence-electron chi connectivity index (χ1n) is 14.5. The minimum atomic E-state index is -0.647. The minimum Gasteiger partial charge on any atom is -0.486 e. The number of aryl methyl sites for hydroxylation is 1. The van der Waals surface area contributed by atoms with Crippen LogP contribution in [0.3, 0.4) is 0 Å². The van der Waals surface area contributed by atoms with Crippen molar-refractivity contribution < 1.29 is 14.3 Å². The first-order valence-corrected chi connectivity index (χ1v) is 14.5. The van der Waals surface area contributed by atoms with Crippen LogP contribution in [-0.2, 0) is 22.0 Å². The molecule has 0 spiro atoms.